The number of hydrogen-bond donors (Lipinski definition) is 0. The largest absolute Gasteiger partial charge is 0.496 e. The van der Waals surface area contributed by atoms with E-state index in [4.69, 9.17) is 16.3 Å². The first-order valence-corrected chi connectivity index (χ1v) is 6.25. The molecule has 1 atom stereocenters. The van der Waals surface area contributed by atoms with Crippen molar-refractivity contribution in [1.29, 1.82) is 0 Å². The Kier molecular flexibility index (Phi) is 4.38. The molecule has 19 heavy (non-hydrogen) atoms. The first-order chi connectivity index (χ1) is 9.10. The molecule has 0 spiro atoms. The lowest BCUT2D eigenvalue weighted by atomic mass is 10.0. The zero-order valence-corrected chi connectivity index (χ0v) is 11.1. The molecule has 2 rings (SSSR count). The predicted octanol–water partition coefficient (Wildman–Crippen LogP) is 4.50. The van der Waals surface area contributed by atoms with Gasteiger partial charge in [-0.1, -0.05) is 18.2 Å². The topological polar surface area (TPSA) is 9.23 Å². The van der Waals surface area contributed by atoms with E-state index in [0.717, 1.165) is 11.6 Å². The van der Waals surface area contributed by atoms with Crippen LogP contribution in [-0.2, 0) is 6.42 Å². The van der Waals surface area contributed by atoms with E-state index in [1.54, 1.807) is 7.11 Å². The van der Waals surface area contributed by atoms with Crippen LogP contribution in [0.25, 0.3) is 0 Å². The van der Waals surface area contributed by atoms with Gasteiger partial charge in [-0.3, -0.25) is 0 Å². The van der Waals surface area contributed by atoms with Gasteiger partial charge in [0, 0.05) is 6.07 Å². The van der Waals surface area contributed by atoms with Crippen LogP contribution in [-0.4, -0.2) is 7.11 Å². The van der Waals surface area contributed by atoms with Crippen molar-refractivity contribution in [1.82, 2.24) is 0 Å². The maximum Gasteiger partial charge on any atom is 0.126 e. The number of methoxy groups -OCH3 is 1. The molecule has 4 heteroatoms. The minimum Gasteiger partial charge on any atom is -0.496 e. The Bertz CT molecular complexity index is 552. The number of alkyl halides is 1. The molecule has 0 amide bonds. The molecular formula is C15H13ClF2O. The Morgan fingerprint density at radius 1 is 1.11 bits per heavy atom. The highest BCUT2D eigenvalue weighted by molar-refractivity contribution is 6.20. The fourth-order valence-electron chi connectivity index (χ4n) is 1.94. The molecule has 0 bridgehead atoms. The highest BCUT2D eigenvalue weighted by Crippen LogP contribution is 2.30. The summed E-state index contributed by atoms with van der Waals surface area (Å²) in [6.45, 7) is 0. The average molecular weight is 283 g/mol. The quantitative estimate of drug-likeness (QED) is 0.751. The smallest absolute Gasteiger partial charge is 0.126 e. The summed E-state index contributed by atoms with van der Waals surface area (Å²) < 4.78 is 31.5. The minimum absolute atomic E-state index is 0.421. The molecule has 100 valence electrons. The van der Waals surface area contributed by atoms with Gasteiger partial charge in [-0.25, -0.2) is 8.78 Å². The second kappa shape index (κ2) is 6.02. The summed E-state index contributed by atoms with van der Waals surface area (Å²) in [5.41, 5.74) is 1.32. The highest BCUT2D eigenvalue weighted by Gasteiger charge is 2.14. The lowest BCUT2D eigenvalue weighted by molar-refractivity contribution is 0.409. The Morgan fingerprint density at radius 3 is 2.37 bits per heavy atom. The minimum atomic E-state index is -0.624. The van der Waals surface area contributed by atoms with Gasteiger partial charge in [0.05, 0.1) is 12.5 Å². The van der Waals surface area contributed by atoms with Gasteiger partial charge in [0.15, 0.2) is 0 Å². The summed E-state index contributed by atoms with van der Waals surface area (Å²) in [6, 6.07) is 10.7. The zero-order chi connectivity index (χ0) is 13.8. The Labute approximate surface area is 115 Å². The first-order valence-electron chi connectivity index (χ1n) is 5.82. The van der Waals surface area contributed by atoms with Gasteiger partial charge in [-0.05, 0) is 35.7 Å². The molecule has 1 unspecified atom stereocenters. The summed E-state index contributed by atoms with van der Waals surface area (Å²) in [6.07, 6.45) is 0.439. The summed E-state index contributed by atoms with van der Waals surface area (Å²) in [5.74, 6) is -0.536. The fraction of sp³-hybridized carbons (Fsp3) is 0.200. The van der Waals surface area contributed by atoms with Gasteiger partial charge in [0.2, 0.25) is 0 Å². The Balaban J connectivity index is 2.22. The number of hydrogen-bond acceptors (Lipinski definition) is 1. The maximum atomic E-state index is 13.1. The standard InChI is InChI=1S/C15H13ClF2O/c1-19-15-5-3-2-4-10(15)8-14(16)11-6-12(17)9-13(18)7-11/h2-7,9,14H,8H2,1H3. The van der Waals surface area contributed by atoms with Gasteiger partial charge in [-0.15, -0.1) is 11.6 Å². The van der Waals surface area contributed by atoms with Crippen molar-refractivity contribution in [2.45, 2.75) is 11.8 Å². The van der Waals surface area contributed by atoms with E-state index in [9.17, 15) is 8.78 Å². The van der Waals surface area contributed by atoms with E-state index in [-0.39, 0.29) is 0 Å². The molecule has 0 aliphatic carbocycles. The van der Waals surface area contributed by atoms with E-state index in [1.165, 1.54) is 12.1 Å². The number of halogens is 3. The van der Waals surface area contributed by atoms with Crippen LogP contribution in [0.4, 0.5) is 8.78 Å². The van der Waals surface area contributed by atoms with E-state index in [1.807, 2.05) is 24.3 Å². The van der Waals surface area contributed by atoms with Gasteiger partial charge < -0.3 is 4.74 Å². The normalized spacial score (nSPS) is 12.2. The Morgan fingerprint density at radius 2 is 1.74 bits per heavy atom. The van der Waals surface area contributed by atoms with Crippen LogP contribution in [0.1, 0.15) is 16.5 Å². The van der Waals surface area contributed by atoms with E-state index in [0.29, 0.717) is 17.7 Å². The van der Waals surface area contributed by atoms with Crippen LogP contribution in [0.2, 0.25) is 0 Å². The number of ether oxygens (including phenoxy) is 1. The summed E-state index contributed by atoms with van der Waals surface area (Å²) >= 11 is 6.22. The van der Waals surface area contributed by atoms with Crippen molar-refractivity contribution in [3.63, 3.8) is 0 Å². The first kappa shape index (κ1) is 13.8. The lowest BCUT2D eigenvalue weighted by Crippen LogP contribution is -2.00. The highest BCUT2D eigenvalue weighted by atomic mass is 35.5. The molecule has 0 fully saturated rings. The molecular weight excluding hydrogens is 270 g/mol. The SMILES string of the molecule is COc1ccccc1CC(Cl)c1cc(F)cc(F)c1. The van der Waals surface area contributed by atoms with Gasteiger partial charge in [0.25, 0.3) is 0 Å². The van der Waals surface area contributed by atoms with Gasteiger partial charge in [0.1, 0.15) is 17.4 Å². The van der Waals surface area contributed by atoms with Crippen LogP contribution >= 0.6 is 11.6 Å². The molecule has 2 aromatic rings. The predicted molar refractivity (Wildman–Crippen MR) is 71.7 cm³/mol. The van der Waals surface area contributed by atoms with E-state index >= 15 is 0 Å². The molecule has 0 aromatic heterocycles. The second-order valence-corrected chi connectivity index (χ2v) is 4.71. The Hall–Kier alpha value is -1.61. The third kappa shape index (κ3) is 3.44. The molecule has 0 saturated carbocycles. The van der Waals surface area contributed by atoms with Crippen molar-refractivity contribution in [3.8, 4) is 5.75 Å². The molecule has 1 nitrogen and oxygen atoms in total. The lowest BCUT2D eigenvalue weighted by Gasteiger charge is -2.13. The fourth-order valence-corrected chi connectivity index (χ4v) is 2.23. The van der Waals surface area contributed by atoms with Crippen LogP contribution in [0.3, 0.4) is 0 Å². The summed E-state index contributed by atoms with van der Waals surface area (Å²) in [7, 11) is 1.57. The van der Waals surface area contributed by atoms with Gasteiger partial charge in [-0.2, -0.15) is 0 Å². The van der Waals surface area contributed by atoms with Gasteiger partial charge >= 0.3 is 0 Å². The molecule has 0 aliphatic rings. The second-order valence-electron chi connectivity index (χ2n) is 4.19. The molecule has 0 heterocycles. The average Bonchev–Trinajstić information content (AvgIpc) is 2.38. The van der Waals surface area contributed by atoms with Crippen LogP contribution in [0.15, 0.2) is 42.5 Å². The molecule has 0 aliphatic heterocycles. The number of rotatable bonds is 4. The van der Waals surface area contributed by atoms with Crippen molar-refractivity contribution in [2.75, 3.05) is 7.11 Å². The molecule has 2 aromatic carbocycles. The molecule has 0 saturated heterocycles. The summed E-state index contributed by atoms with van der Waals surface area (Å²) in [4.78, 5) is 0. The third-order valence-electron chi connectivity index (χ3n) is 2.84. The van der Waals surface area contributed by atoms with Crippen molar-refractivity contribution in [3.05, 3.63) is 65.2 Å². The van der Waals surface area contributed by atoms with E-state index < -0.39 is 17.0 Å². The monoisotopic (exact) mass is 282 g/mol. The number of benzene rings is 2. The summed E-state index contributed by atoms with van der Waals surface area (Å²) in [5, 5.41) is -0.513. The number of para-hydroxylation sites is 1. The van der Waals surface area contributed by atoms with Crippen LogP contribution < -0.4 is 4.74 Å². The van der Waals surface area contributed by atoms with Crippen LogP contribution in [0, 0.1) is 11.6 Å². The molecule has 0 radical (unpaired) electrons. The van der Waals surface area contributed by atoms with Crippen molar-refractivity contribution in [2.24, 2.45) is 0 Å². The zero-order valence-electron chi connectivity index (χ0n) is 10.4. The molecule has 0 N–H and O–H groups in total. The van der Waals surface area contributed by atoms with E-state index in [2.05, 4.69) is 0 Å². The maximum absolute atomic E-state index is 13.1. The van der Waals surface area contributed by atoms with Crippen LogP contribution in [0.5, 0.6) is 5.75 Å². The van der Waals surface area contributed by atoms with Crippen molar-refractivity contribution < 1.29 is 13.5 Å². The van der Waals surface area contributed by atoms with Crippen molar-refractivity contribution >= 4 is 11.6 Å². The third-order valence-corrected chi connectivity index (χ3v) is 3.24.